The molecule has 1 N–H and O–H groups in total. The van der Waals surface area contributed by atoms with Crippen molar-refractivity contribution >= 4 is 23.5 Å². The zero-order chi connectivity index (χ0) is 23.0. The first kappa shape index (κ1) is 25.7. The van der Waals surface area contributed by atoms with Crippen LogP contribution in [0.1, 0.15) is 43.4 Å². The number of allylic oxidation sites excluding steroid dienone is 2. The van der Waals surface area contributed by atoms with Crippen LogP contribution in [0.15, 0.2) is 78.0 Å². The van der Waals surface area contributed by atoms with Crippen LogP contribution in [-0.2, 0) is 6.42 Å². The minimum atomic E-state index is 0.547. The van der Waals surface area contributed by atoms with Gasteiger partial charge < -0.3 is 5.32 Å². The van der Waals surface area contributed by atoms with Crippen molar-refractivity contribution in [3.8, 4) is 0 Å². The van der Waals surface area contributed by atoms with Crippen LogP contribution in [0.5, 0.6) is 0 Å². The topological polar surface area (TPSA) is 12.0 Å². The highest BCUT2D eigenvalue weighted by Crippen LogP contribution is 2.35. The maximum Gasteiger partial charge on any atom is 0.0655 e. The minimum absolute atomic E-state index is 0.547. The zero-order valence-electron chi connectivity index (χ0n) is 19.9. The highest BCUT2D eigenvalue weighted by molar-refractivity contribution is 8.03. The summed E-state index contributed by atoms with van der Waals surface area (Å²) in [6.45, 7) is 25.7. The van der Waals surface area contributed by atoms with Gasteiger partial charge in [-0.15, -0.1) is 11.8 Å². The van der Waals surface area contributed by atoms with Crippen LogP contribution in [0.4, 0.5) is 0 Å². The Morgan fingerprint density at radius 1 is 1.23 bits per heavy atom. The van der Waals surface area contributed by atoms with Gasteiger partial charge in [0.2, 0.25) is 0 Å². The molecule has 1 atom stereocenters. The van der Waals surface area contributed by atoms with Crippen LogP contribution in [0.3, 0.4) is 0 Å². The maximum atomic E-state index is 4.29. The molecule has 0 radical (unpaired) electrons. The second-order valence-electron chi connectivity index (χ2n) is 8.71. The van der Waals surface area contributed by atoms with Gasteiger partial charge in [-0.25, -0.2) is 0 Å². The molecule has 1 unspecified atom stereocenters. The molecule has 0 amide bonds. The molecule has 1 aromatic carbocycles. The minimum Gasteiger partial charge on any atom is -0.351 e. The Bertz CT molecular complexity index is 856. The molecule has 1 aliphatic rings. The first-order valence-electron chi connectivity index (χ1n) is 11.1. The highest BCUT2D eigenvalue weighted by Gasteiger charge is 2.23. The fraction of sp³-hybridized carbons (Fsp3) is 0.429. The van der Waals surface area contributed by atoms with Crippen LogP contribution in [0.2, 0.25) is 0 Å². The van der Waals surface area contributed by atoms with E-state index in [1.807, 2.05) is 6.08 Å². The van der Waals surface area contributed by atoms with Gasteiger partial charge in [0.1, 0.15) is 0 Å². The van der Waals surface area contributed by atoms with Crippen molar-refractivity contribution in [2.24, 2.45) is 11.8 Å². The Kier molecular flexibility index (Phi) is 10.3. The van der Waals surface area contributed by atoms with Crippen molar-refractivity contribution in [3.05, 3.63) is 94.7 Å². The van der Waals surface area contributed by atoms with Crippen molar-refractivity contribution in [1.29, 1.82) is 0 Å². The van der Waals surface area contributed by atoms with Crippen molar-refractivity contribution < 1.29 is 0 Å². The molecule has 168 valence electrons. The molecule has 1 fully saturated rings. The highest BCUT2D eigenvalue weighted by atomic mass is 32.2. The summed E-state index contributed by atoms with van der Waals surface area (Å²) >= 11 is 3.77. The Balaban J connectivity index is 1.90. The van der Waals surface area contributed by atoms with E-state index < -0.39 is 0 Å². The molecule has 0 spiro atoms. The Morgan fingerprint density at radius 3 is 2.55 bits per heavy atom. The second kappa shape index (κ2) is 12.5. The summed E-state index contributed by atoms with van der Waals surface area (Å²) in [7, 11) is 0. The lowest BCUT2D eigenvalue weighted by molar-refractivity contribution is 0.376. The fourth-order valence-corrected chi connectivity index (χ4v) is 5.93. The number of rotatable bonds is 11. The lowest BCUT2D eigenvalue weighted by Crippen LogP contribution is -2.20. The number of thioether (sulfide) groups is 2. The summed E-state index contributed by atoms with van der Waals surface area (Å²) in [5.41, 5.74) is 8.57. The molecule has 0 bridgehead atoms. The lowest BCUT2D eigenvalue weighted by atomic mass is 9.82. The lowest BCUT2D eigenvalue weighted by Gasteiger charge is -2.29. The average molecular weight is 454 g/mol. The van der Waals surface area contributed by atoms with Crippen LogP contribution < -0.4 is 5.32 Å². The molecule has 1 aromatic rings. The summed E-state index contributed by atoms with van der Waals surface area (Å²) in [4.78, 5) is 0. The van der Waals surface area contributed by atoms with Crippen molar-refractivity contribution in [1.82, 2.24) is 5.32 Å². The molecule has 1 nitrogen and oxygen atoms in total. The first-order valence-corrected chi connectivity index (χ1v) is 13.3. The van der Waals surface area contributed by atoms with Crippen molar-refractivity contribution in [3.63, 3.8) is 0 Å². The molecule has 1 aliphatic heterocycles. The van der Waals surface area contributed by atoms with Crippen molar-refractivity contribution in [2.45, 2.75) is 47.0 Å². The molecule has 1 heterocycles. The van der Waals surface area contributed by atoms with E-state index in [2.05, 4.69) is 89.3 Å². The second-order valence-corrected chi connectivity index (χ2v) is 11.0. The van der Waals surface area contributed by atoms with Crippen LogP contribution in [-0.4, -0.2) is 17.3 Å². The third-order valence-corrected chi connectivity index (χ3v) is 8.35. The number of nitrogens with one attached hydrogen (secondary N) is 1. The predicted octanol–water partition coefficient (Wildman–Crippen LogP) is 7.99. The van der Waals surface area contributed by atoms with Crippen LogP contribution in [0.25, 0.3) is 0 Å². The molecule has 31 heavy (non-hydrogen) atoms. The van der Waals surface area contributed by atoms with E-state index in [9.17, 15) is 0 Å². The van der Waals surface area contributed by atoms with Gasteiger partial charge in [0.25, 0.3) is 0 Å². The summed E-state index contributed by atoms with van der Waals surface area (Å²) in [5, 5.41) is 4.31. The van der Waals surface area contributed by atoms with E-state index in [0.717, 1.165) is 34.4 Å². The van der Waals surface area contributed by atoms with E-state index in [1.54, 1.807) is 11.8 Å². The van der Waals surface area contributed by atoms with Crippen molar-refractivity contribution in [2.75, 3.05) is 17.3 Å². The Morgan fingerprint density at radius 2 is 1.90 bits per heavy atom. The fourth-order valence-electron chi connectivity index (χ4n) is 4.11. The van der Waals surface area contributed by atoms with Gasteiger partial charge >= 0.3 is 0 Å². The summed E-state index contributed by atoms with van der Waals surface area (Å²) in [6, 6.07) is 6.61. The quantitative estimate of drug-likeness (QED) is 0.269. The Labute approximate surface area is 199 Å². The molecule has 1 saturated heterocycles. The summed E-state index contributed by atoms with van der Waals surface area (Å²) in [5.74, 6) is 4.71. The normalized spacial score (nSPS) is 16.3. The monoisotopic (exact) mass is 453 g/mol. The predicted molar refractivity (Wildman–Crippen MR) is 145 cm³/mol. The van der Waals surface area contributed by atoms with E-state index >= 15 is 0 Å². The van der Waals surface area contributed by atoms with E-state index in [0.29, 0.717) is 5.92 Å². The van der Waals surface area contributed by atoms with Gasteiger partial charge in [-0.05, 0) is 80.1 Å². The number of hydrogen-bond acceptors (Lipinski definition) is 3. The van der Waals surface area contributed by atoms with Gasteiger partial charge in [0, 0.05) is 11.4 Å². The van der Waals surface area contributed by atoms with Gasteiger partial charge in [0.05, 0.1) is 5.03 Å². The van der Waals surface area contributed by atoms with E-state index in [-0.39, 0.29) is 0 Å². The number of aryl methyl sites for hydroxylation is 2. The van der Waals surface area contributed by atoms with Gasteiger partial charge in [-0.1, -0.05) is 74.2 Å². The average Bonchev–Trinajstić information content (AvgIpc) is 2.75. The smallest absolute Gasteiger partial charge is 0.0655 e. The SMILES string of the molecule is C=C/C(C(=C)NC(=C)SCC(=C)Cc1cc(C)ccc1C)=C(/C)C(C)C1CCSCC1. The largest absolute Gasteiger partial charge is 0.351 e. The first-order chi connectivity index (χ1) is 14.7. The third-order valence-electron chi connectivity index (χ3n) is 6.30. The zero-order valence-corrected chi connectivity index (χ0v) is 21.5. The Hall–Kier alpha value is -1.58. The molecule has 2 rings (SSSR count). The summed E-state index contributed by atoms with van der Waals surface area (Å²) in [6.07, 6.45) is 5.45. The van der Waals surface area contributed by atoms with E-state index in [4.69, 9.17) is 0 Å². The number of hydrogen-bond donors (Lipinski definition) is 1. The number of benzene rings is 1. The van der Waals surface area contributed by atoms with E-state index in [1.165, 1.54) is 52.2 Å². The van der Waals surface area contributed by atoms with Gasteiger partial charge in [-0.2, -0.15) is 11.8 Å². The standard InChI is InChI=1S/C28H39NS2/c1-9-28(23(6)22(5)26-12-14-30-15-13-26)24(7)29-25(8)31-18-20(3)17-27-16-19(2)10-11-21(27)4/h9-11,16,22,26,29H,1,3,7-8,12-15,17-18H2,2,4-6H3/b28-23+. The molecule has 0 aliphatic carbocycles. The summed E-state index contributed by atoms with van der Waals surface area (Å²) < 4.78 is 0. The third kappa shape index (κ3) is 7.80. The maximum absolute atomic E-state index is 4.29. The molecular formula is C28H39NS2. The molecule has 3 heteroatoms. The molecule has 0 aromatic heterocycles. The molecule has 0 saturated carbocycles. The van der Waals surface area contributed by atoms with Crippen LogP contribution in [0, 0.1) is 25.7 Å². The van der Waals surface area contributed by atoms with Gasteiger partial charge in [-0.3, -0.25) is 0 Å². The van der Waals surface area contributed by atoms with Gasteiger partial charge in [0.15, 0.2) is 0 Å². The van der Waals surface area contributed by atoms with Crippen LogP contribution >= 0.6 is 23.5 Å². The molecular weight excluding hydrogens is 414 g/mol.